The second kappa shape index (κ2) is 7.07. The Morgan fingerprint density at radius 2 is 1.96 bits per heavy atom. The fraction of sp³-hybridized carbons (Fsp3) is 0.389. The van der Waals surface area contributed by atoms with Gasteiger partial charge >= 0.3 is 5.97 Å². The van der Waals surface area contributed by atoms with E-state index in [0.717, 1.165) is 5.56 Å². The van der Waals surface area contributed by atoms with Crippen LogP contribution in [0.2, 0.25) is 0 Å². The minimum Gasteiger partial charge on any atom is -0.493 e. The van der Waals surface area contributed by atoms with Crippen LogP contribution in [-0.4, -0.2) is 41.1 Å². The molecule has 1 aromatic heterocycles. The first-order valence-corrected chi connectivity index (χ1v) is 8.26. The number of nitrogens with zero attached hydrogens (tertiary/aromatic N) is 3. The highest BCUT2D eigenvalue weighted by molar-refractivity contribution is 5.92. The molecule has 1 aromatic carbocycles. The molecule has 2 aromatic rings. The van der Waals surface area contributed by atoms with Gasteiger partial charge in [-0.2, -0.15) is 10.1 Å². The maximum Gasteiger partial charge on any atom is 0.338 e. The molecule has 138 valence electrons. The van der Waals surface area contributed by atoms with Gasteiger partial charge in [0.15, 0.2) is 11.5 Å². The number of ether oxygens (including phenoxy) is 3. The number of nitrogens with one attached hydrogen (secondary N) is 1. The van der Waals surface area contributed by atoms with Gasteiger partial charge in [0.1, 0.15) is 12.4 Å². The lowest BCUT2D eigenvalue weighted by atomic mass is 9.95. The van der Waals surface area contributed by atoms with E-state index in [-0.39, 0.29) is 6.10 Å². The van der Waals surface area contributed by atoms with Gasteiger partial charge < -0.3 is 19.5 Å². The van der Waals surface area contributed by atoms with E-state index in [4.69, 9.17) is 14.2 Å². The van der Waals surface area contributed by atoms with Crippen molar-refractivity contribution in [3.05, 3.63) is 41.4 Å². The standard InChI is InChI=1S/C18H22N4O4/c1-10(2)26-17(23)15-11(3)21-18-19-9-20-22(18)16(15)12-6-7-13(24-4)14(8-12)25-5/h6-10,16H,1-5H3,(H,19,20,21)/t16-/m1/s1. The molecule has 26 heavy (non-hydrogen) atoms. The van der Waals surface area contributed by atoms with E-state index in [1.54, 1.807) is 25.0 Å². The first kappa shape index (κ1) is 17.8. The van der Waals surface area contributed by atoms with E-state index >= 15 is 0 Å². The SMILES string of the molecule is COc1ccc([C@@H]2C(C(=O)OC(C)C)=C(C)Nc3ncnn32)cc1OC. The summed E-state index contributed by atoms with van der Waals surface area (Å²) in [5, 5.41) is 7.40. The summed E-state index contributed by atoms with van der Waals surface area (Å²) < 4.78 is 17.8. The molecule has 0 unspecified atom stereocenters. The average molecular weight is 358 g/mol. The van der Waals surface area contributed by atoms with Gasteiger partial charge in [-0.1, -0.05) is 6.07 Å². The highest BCUT2D eigenvalue weighted by Crippen LogP contribution is 2.38. The number of allylic oxidation sites excluding steroid dienone is 1. The maximum atomic E-state index is 12.8. The Bertz CT molecular complexity index is 857. The van der Waals surface area contributed by atoms with Crippen molar-refractivity contribution in [2.45, 2.75) is 32.9 Å². The van der Waals surface area contributed by atoms with Gasteiger partial charge in [-0.25, -0.2) is 9.48 Å². The van der Waals surface area contributed by atoms with Crippen LogP contribution in [-0.2, 0) is 9.53 Å². The number of aromatic nitrogens is 3. The predicted molar refractivity (Wildman–Crippen MR) is 95.3 cm³/mol. The molecular weight excluding hydrogens is 336 g/mol. The molecule has 1 N–H and O–H groups in total. The number of rotatable bonds is 5. The molecule has 1 atom stereocenters. The average Bonchev–Trinajstić information content (AvgIpc) is 3.07. The van der Waals surface area contributed by atoms with Gasteiger partial charge in [-0.15, -0.1) is 0 Å². The zero-order chi connectivity index (χ0) is 18.8. The third-order valence-electron chi connectivity index (χ3n) is 4.08. The summed E-state index contributed by atoms with van der Waals surface area (Å²) in [6.45, 7) is 5.45. The predicted octanol–water partition coefficient (Wildman–Crippen LogP) is 2.54. The molecule has 1 aliphatic heterocycles. The molecule has 0 spiro atoms. The van der Waals surface area contributed by atoms with E-state index in [9.17, 15) is 4.79 Å². The van der Waals surface area contributed by atoms with Crippen LogP contribution in [0, 0.1) is 0 Å². The Morgan fingerprint density at radius 3 is 2.62 bits per heavy atom. The second-order valence-electron chi connectivity index (χ2n) is 6.16. The van der Waals surface area contributed by atoms with Crippen LogP contribution in [0.3, 0.4) is 0 Å². The third kappa shape index (κ3) is 3.10. The second-order valence-corrected chi connectivity index (χ2v) is 6.16. The largest absolute Gasteiger partial charge is 0.493 e. The quantitative estimate of drug-likeness (QED) is 0.822. The molecule has 0 radical (unpaired) electrons. The lowest BCUT2D eigenvalue weighted by Gasteiger charge is -2.29. The monoisotopic (exact) mass is 358 g/mol. The fourth-order valence-corrected chi connectivity index (χ4v) is 2.96. The molecule has 3 rings (SSSR count). The number of carbonyl (C=O) groups is 1. The maximum absolute atomic E-state index is 12.8. The van der Waals surface area contributed by atoms with Gasteiger partial charge in [-0.05, 0) is 38.5 Å². The van der Waals surface area contributed by atoms with Crippen molar-refractivity contribution in [2.75, 3.05) is 19.5 Å². The van der Waals surface area contributed by atoms with E-state index in [2.05, 4.69) is 15.4 Å². The first-order chi connectivity index (χ1) is 12.5. The van der Waals surface area contributed by atoms with Crippen LogP contribution < -0.4 is 14.8 Å². The molecule has 2 heterocycles. The number of esters is 1. The summed E-state index contributed by atoms with van der Waals surface area (Å²) >= 11 is 0. The highest BCUT2D eigenvalue weighted by atomic mass is 16.5. The highest BCUT2D eigenvalue weighted by Gasteiger charge is 2.35. The molecule has 0 bridgehead atoms. The summed E-state index contributed by atoms with van der Waals surface area (Å²) in [5.41, 5.74) is 1.96. The Morgan fingerprint density at radius 1 is 1.23 bits per heavy atom. The van der Waals surface area contributed by atoms with Crippen molar-refractivity contribution < 1.29 is 19.0 Å². The van der Waals surface area contributed by atoms with Crippen molar-refractivity contribution in [3.63, 3.8) is 0 Å². The van der Waals surface area contributed by atoms with Gasteiger partial charge in [0.05, 0.1) is 25.9 Å². The minimum absolute atomic E-state index is 0.231. The molecular formula is C18H22N4O4. The topological polar surface area (TPSA) is 87.5 Å². The number of fused-ring (bicyclic) bond motifs is 1. The van der Waals surface area contributed by atoms with Crippen LogP contribution in [0.1, 0.15) is 32.4 Å². The molecule has 0 amide bonds. The molecule has 0 saturated heterocycles. The normalized spacial score (nSPS) is 16.2. The smallest absolute Gasteiger partial charge is 0.338 e. The molecule has 0 aliphatic carbocycles. The summed E-state index contributed by atoms with van der Waals surface area (Å²) in [5.74, 6) is 1.34. The van der Waals surface area contributed by atoms with Gasteiger partial charge in [0.25, 0.3) is 0 Å². The van der Waals surface area contributed by atoms with Crippen molar-refractivity contribution in [2.24, 2.45) is 0 Å². The first-order valence-electron chi connectivity index (χ1n) is 8.26. The fourth-order valence-electron chi connectivity index (χ4n) is 2.96. The summed E-state index contributed by atoms with van der Waals surface area (Å²) in [4.78, 5) is 17.0. The van der Waals surface area contributed by atoms with Crippen molar-refractivity contribution in [3.8, 4) is 11.5 Å². The number of methoxy groups -OCH3 is 2. The van der Waals surface area contributed by atoms with E-state index in [0.29, 0.717) is 28.7 Å². The van der Waals surface area contributed by atoms with Crippen molar-refractivity contribution in [1.29, 1.82) is 0 Å². The van der Waals surface area contributed by atoms with Crippen LogP contribution in [0.15, 0.2) is 35.8 Å². The molecule has 8 heteroatoms. The summed E-state index contributed by atoms with van der Waals surface area (Å²) in [6.07, 6.45) is 1.21. The Labute approximate surface area is 151 Å². The van der Waals surface area contributed by atoms with Crippen LogP contribution in [0.5, 0.6) is 11.5 Å². The van der Waals surface area contributed by atoms with Crippen molar-refractivity contribution in [1.82, 2.24) is 14.8 Å². The molecule has 0 fully saturated rings. The summed E-state index contributed by atoms with van der Waals surface area (Å²) in [6, 6.07) is 5.02. The molecule has 0 saturated carbocycles. The number of benzene rings is 1. The van der Waals surface area contributed by atoms with Crippen molar-refractivity contribution >= 4 is 11.9 Å². The van der Waals surface area contributed by atoms with Gasteiger partial charge in [0.2, 0.25) is 5.95 Å². The van der Waals surface area contributed by atoms with Crippen LogP contribution >= 0.6 is 0 Å². The minimum atomic E-state index is -0.486. The molecule has 8 nitrogen and oxygen atoms in total. The van der Waals surface area contributed by atoms with Crippen LogP contribution in [0.25, 0.3) is 0 Å². The Hall–Kier alpha value is -3.03. The van der Waals surface area contributed by atoms with E-state index < -0.39 is 12.0 Å². The number of carbonyl (C=O) groups excluding carboxylic acids is 1. The van der Waals surface area contributed by atoms with E-state index in [1.807, 2.05) is 32.9 Å². The number of anilines is 1. The zero-order valence-electron chi connectivity index (χ0n) is 15.4. The zero-order valence-corrected chi connectivity index (χ0v) is 15.4. The lowest BCUT2D eigenvalue weighted by molar-refractivity contribution is -0.143. The Balaban J connectivity index is 2.13. The number of hydrogen-bond donors (Lipinski definition) is 1. The molecule has 1 aliphatic rings. The van der Waals surface area contributed by atoms with Crippen LogP contribution in [0.4, 0.5) is 5.95 Å². The Kier molecular flexibility index (Phi) is 4.83. The third-order valence-corrected chi connectivity index (χ3v) is 4.08. The number of hydrogen-bond acceptors (Lipinski definition) is 7. The lowest BCUT2D eigenvalue weighted by Crippen LogP contribution is -2.30. The summed E-state index contributed by atoms with van der Waals surface area (Å²) in [7, 11) is 3.15. The van der Waals surface area contributed by atoms with Gasteiger partial charge in [-0.3, -0.25) is 0 Å². The van der Waals surface area contributed by atoms with E-state index in [1.165, 1.54) is 6.33 Å². The van der Waals surface area contributed by atoms with Gasteiger partial charge in [0, 0.05) is 5.70 Å².